The Balaban J connectivity index is 1.36. The van der Waals surface area contributed by atoms with Gasteiger partial charge in [-0.05, 0) is 61.1 Å². The van der Waals surface area contributed by atoms with Crippen molar-refractivity contribution in [1.29, 1.82) is 0 Å². The molecule has 1 N–H and O–H groups in total. The fourth-order valence-corrected chi connectivity index (χ4v) is 5.09. The Kier molecular flexibility index (Phi) is 7.30. The zero-order valence-corrected chi connectivity index (χ0v) is 20.9. The molecule has 2 fully saturated rings. The van der Waals surface area contributed by atoms with E-state index in [1.165, 1.54) is 25.0 Å². The maximum atomic E-state index is 13.1. The number of benzene rings is 3. The van der Waals surface area contributed by atoms with E-state index in [1.807, 2.05) is 48.5 Å². The number of hydrogen-bond donors (Lipinski definition) is 1. The van der Waals surface area contributed by atoms with Crippen LogP contribution < -0.4 is 19.1 Å². The molecule has 3 aromatic carbocycles. The Morgan fingerprint density at radius 3 is 2.51 bits per heavy atom. The second kappa shape index (κ2) is 10.9. The van der Waals surface area contributed by atoms with Crippen molar-refractivity contribution in [3.63, 3.8) is 0 Å². The SMILES string of the molecule is COc1ccc(C2CC(=O)N(c3cc(OCc4ccccc4)cc(C(=O)O)c3)C2)cc1OC1CCCC1. The summed E-state index contributed by atoms with van der Waals surface area (Å²) in [5.74, 6) is 0.626. The average molecular weight is 502 g/mol. The van der Waals surface area contributed by atoms with Crippen molar-refractivity contribution in [2.24, 2.45) is 0 Å². The predicted octanol–water partition coefficient (Wildman–Crippen LogP) is 5.81. The lowest BCUT2D eigenvalue weighted by Gasteiger charge is -2.20. The van der Waals surface area contributed by atoms with Crippen molar-refractivity contribution in [2.75, 3.05) is 18.6 Å². The van der Waals surface area contributed by atoms with Gasteiger partial charge in [-0.25, -0.2) is 4.79 Å². The molecule has 1 aliphatic heterocycles. The molecule has 0 spiro atoms. The van der Waals surface area contributed by atoms with E-state index in [1.54, 1.807) is 18.1 Å². The number of rotatable bonds is 9. The lowest BCUT2D eigenvalue weighted by molar-refractivity contribution is -0.117. The molecule has 0 aromatic heterocycles. The summed E-state index contributed by atoms with van der Waals surface area (Å²) in [6.45, 7) is 0.741. The highest BCUT2D eigenvalue weighted by Gasteiger charge is 2.33. The molecule has 2 aliphatic rings. The number of ether oxygens (including phenoxy) is 3. The molecule has 0 bridgehead atoms. The van der Waals surface area contributed by atoms with Gasteiger partial charge in [-0.15, -0.1) is 0 Å². The summed E-state index contributed by atoms with van der Waals surface area (Å²) in [6, 6.07) is 20.3. The van der Waals surface area contributed by atoms with Crippen LogP contribution in [0.25, 0.3) is 0 Å². The Labute approximate surface area is 216 Å². The van der Waals surface area contributed by atoms with Crippen LogP contribution in [0.3, 0.4) is 0 Å². The lowest BCUT2D eigenvalue weighted by atomic mass is 9.98. The number of carbonyl (C=O) groups is 2. The highest BCUT2D eigenvalue weighted by Crippen LogP contribution is 2.39. The molecule has 1 aliphatic carbocycles. The maximum absolute atomic E-state index is 13.1. The predicted molar refractivity (Wildman–Crippen MR) is 140 cm³/mol. The van der Waals surface area contributed by atoms with Gasteiger partial charge in [-0.2, -0.15) is 0 Å². The highest BCUT2D eigenvalue weighted by molar-refractivity contribution is 5.98. The van der Waals surface area contributed by atoms with Crippen molar-refractivity contribution in [3.05, 3.63) is 83.4 Å². The first-order chi connectivity index (χ1) is 18.0. The molecular weight excluding hydrogens is 470 g/mol. The van der Waals surface area contributed by atoms with Crippen molar-refractivity contribution in [1.82, 2.24) is 0 Å². The monoisotopic (exact) mass is 501 g/mol. The van der Waals surface area contributed by atoms with Gasteiger partial charge in [0.2, 0.25) is 5.91 Å². The standard InChI is InChI=1S/C30H31NO6/c1-35-27-12-11-21(15-28(27)37-25-9-5-6-10-25)23-16-29(32)31(18-23)24-13-22(30(33)34)14-26(17-24)36-19-20-7-3-2-4-8-20/h2-4,7-8,11-15,17,23,25H,5-6,9-10,16,18-19H2,1H3,(H,33,34). The van der Waals surface area contributed by atoms with Crippen LogP contribution in [0.5, 0.6) is 17.2 Å². The minimum absolute atomic E-state index is 0.0495. The van der Waals surface area contributed by atoms with Crippen molar-refractivity contribution in [3.8, 4) is 17.2 Å². The van der Waals surface area contributed by atoms with Crippen LogP contribution in [0, 0.1) is 0 Å². The molecule has 3 aromatic rings. The Hall–Kier alpha value is -4.00. The van der Waals surface area contributed by atoms with Crippen LogP contribution in [0.15, 0.2) is 66.7 Å². The van der Waals surface area contributed by atoms with Crippen LogP contribution in [0.1, 0.15) is 59.5 Å². The minimum atomic E-state index is -1.07. The zero-order chi connectivity index (χ0) is 25.8. The maximum Gasteiger partial charge on any atom is 0.335 e. The van der Waals surface area contributed by atoms with Gasteiger partial charge >= 0.3 is 5.97 Å². The van der Waals surface area contributed by atoms with Gasteiger partial charge in [0.15, 0.2) is 11.5 Å². The third-order valence-corrected chi connectivity index (χ3v) is 7.08. The number of methoxy groups -OCH3 is 1. The third kappa shape index (κ3) is 5.71. The number of carboxylic acid groups (broad SMARTS) is 1. The van der Waals surface area contributed by atoms with Gasteiger partial charge in [-0.3, -0.25) is 4.79 Å². The lowest BCUT2D eigenvalue weighted by Crippen LogP contribution is -2.24. The number of aromatic carboxylic acids is 1. The van der Waals surface area contributed by atoms with Crippen LogP contribution in [0.4, 0.5) is 5.69 Å². The van der Waals surface area contributed by atoms with E-state index < -0.39 is 5.97 Å². The first kappa shape index (κ1) is 24.7. The summed E-state index contributed by atoms with van der Waals surface area (Å²) in [6.07, 6.45) is 4.94. The molecular formula is C30H31NO6. The van der Waals surface area contributed by atoms with Crippen LogP contribution >= 0.6 is 0 Å². The smallest absolute Gasteiger partial charge is 0.335 e. The molecule has 5 rings (SSSR count). The molecule has 7 heteroatoms. The molecule has 1 saturated heterocycles. The number of nitrogens with zero attached hydrogens (tertiary/aromatic N) is 1. The van der Waals surface area contributed by atoms with Crippen LogP contribution in [0.2, 0.25) is 0 Å². The Morgan fingerprint density at radius 2 is 1.78 bits per heavy atom. The fourth-order valence-electron chi connectivity index (χ4n) is 5.09. The van der Waals surface area contributed by atoms with Crippen LogP contribution in [-0.4, -0.2) is 36.7 Å². The first-order valence-corrected chi connectivity index (χ1v) is 12.7. The molecule has 1 unspecified atom stereocenters. The topological polar surface area (TPSA) is 85.3 Å². The van der Waals surface area contributed by atoms with Gasteiger partial charge < -0.3 is 24.2 Å². The van der Waals surface area contributed by atoms with Crippen molar-refractivity contribution in [2.45, 2.75) is 50.7 Å². The normalized spacial score (nSPS) is 17.7. The Morgan fingerprint density at radius 1 is 1.00 bits per heavy atom. The van der Waals surface area contributed by atoms with E-state index in [9.17, 15) is 14.7 Å². The van der Waals surface area contributed by atoms with E-state index in [-0.39, 0.29) is 23.5 Å². The van der Waals surface area contributed by atoms with Gasteiger partial charge in [0.05, 0.1) is 18.8 Å². The number of carboxylic acids is 1. The number of hydrogen-bond acceptors (Lipinski definition) is 5. The number of anilines is 1. The quantitative estimate of drug-likeness (QED) is 0.398. The number of carbonyl (C=O) groups excluding carboxylic acids is 1. The molecule has 1 atom stereocenters. The van der Waals surface area contributed by atoms with Crippen LogP contribution in [-0.2, 0) is 11.4 Å². The summed E-state index contributed by atoms with van der Waals surface area (Å²) in [7, 11) is 1.63. The molecule has 1 amide bonds. The van der Waals surface area contributed by atoms with Gasteiger partial charge in [0.1, 0.15) is 12.4 Å². The minimum Gasteiger partial charge on any atom is -0.493 e. The van der Waals surface area contributed by atoms with Gasteiger partial charge in [0, 0.05) is 30.6 Å². The fraction of sp³-hybridized carbons (Fsp3) is 0.333. The summed E-state index contributed by atoms with van der Waals surface area (Å²) in [5.41, 5.74) is 2.57. The van der Waals surface area contributed by atoms with Gasteiger partial charge in [0.25, 0.3) is 0 Å². The molecule has 37 heavy (non-hydrogen) atoms. The summed E-state index contributed by atoms with van der Waals surface area (Å²) < 4.78 is 17.7. The van der Waals surface area contributed by atoms with E-state index in [2.05, 4.69) is 0 Å². The summed E-state index contributed by atoms with van der Waals surface area (Å²) in [4.78, 5) is 26.6. The Bertz CT molecular complexity index is 1270. The first-order valence-electron chi connectivity index (χ1n) is 12.7. The highest BCUT2D eigenvalue weighted by atomic mass is 16.5. The van der Waals surface area contributed by atoms with E-state index in [0.717, 1.165) is 24.0 Å². The molecule has 7 nitrogen and oxygen atoms in total. The second-order valence-electron chi connectivity index (χ2n) is 9.64. The molecule has 0 radical (unpaired) electrons. The summed E-state index contributed by atoms with van der Waals surface area (Å²) >= 11 is 0. The average Bonchev–Trinajstić information content (AvgIpc) is 3.57. The van der Waals surface area contributed by atoms with E-state index >= 15 is 0 Å². The third-order valence-electron chi connectivity index (χ3n) is 7.08. The van der Waals surface area contributed by atoms with Gasteiger partial charge in [-0.1, -0.05) is 36.4 Å². The molecule has 1 saturated carbocycles. The second-order valence-corrected chi connectivity index (χ2v) is 9.64. The summed E-state index contributed by atoms with van der Waals surface area (Å²) in [5, 5.41) is 9.67. The largest absolute Gasteiger partial charge is 0.493 e. The van der Waals surface area contributed by atoms with Crippen molar-refractivity contribution < 1.29 is 28.9 Å². The zero-order valence-electron chi connectivity index (χ0n) is 20.9. The molecule has 1 heterocycles. The van der Waals surface area contributed by atoms with E-state index in [4.69, 9.17) is 14.2 Å². The van der Waals surface area contributed by atoms with E-state index in [0.29, 0.717) is 42.5 Å². The molecule has 192 valence electrons. The van der Waals surface area contributed by atoms with Crippen molar-refractivity contribution >= 4 is 17.6 Å². The number of amides is 1.